The maximum atomic E-state index is 11.6. The second-order valence-electron chi connectivity index (χ2n) is 4.26. The predicted octanol–water partition coefficient (Wildman–Crippen LogP) is 1.73. The first-order valence-electron chi connectivity index (χ1n) is 5.70. The van der Waals surface area contributed by atoms with Gasteiger partial charge in [-0.3, -0.25) is 4.79 Å². The highest BCUT2D eigenvalue weighted by atomic mass is 16.5. The maximum absolute atomic E-state index is 11.6. The molecule has 0 spiro atoms. The van der Waals surface area contributed by atoms with Crippen molar-refractivity contribution in [1.82, 2.24) is 4.73 Å². The summed E-state index contributed by atoms with van der Waals surface area (Å²) in [5.74, 6) is 0.355. The van der Waals surface area contributed by atoms with Crippen molar-refractivity contribution in [3.8, 4) is 0 Å². The van der Waals surface area contributed by atoms with Crippen LogP contribution in [0.15, 0.2) is 29.4 Å². The highest BCUT2D eigenvalue weighted by molar-refractivity contribution is 5.77. The fraction of sp³-hybridized carbons (Fsp3) is 0.500. The van der Waals surface area contributed by atoms with E-state index in [9.17, 15) is 10.0 Å². The van der Waals surface area contributed by atoms with Gasteiger partial charge in [0.25, 0.3) is 0 Å². The molecule has 0 saturated heterocycles. The van der Waals surface area contributed by atoms with E-state index in [1.165, 1.54) is 19.0 Å². The third-order valence-electron chi connectivity index (χ3n) is 3.00. The van der Waals surface area contributed by atoms with E-state index in [4.69, 9.17) is 0 Å². The Morgan fingerprint density at radius 3 is 2.88 bits per heavy atom. The standard InChI is InChI=1S/C12H16N2O2/c15-12(9-10-5-1-2-6-10)13-11-7-3-4-8-14(11)16/h3-4,7-8,10,16H,1-2,5-6,9H2. The molecule has 0 atom stereocenters. The van der Waals surface area contributed by atoms with Crippen molar-refractivity contribution < 1.29 is 10.0 Å². The van der Waals surface area contributed by atoms with Crippen LogP contribution in [0.5, 0.6) is 0 Å². The lowest BCUT2D eigenvalue weighted by atomic mass is 10.0. The Bertz CT molecular complexity index is 431. The van der Waals surface area contributed by atoms with Gasteiger partial charge in [-0.25, -0.2) is 0 Å². The molecule has 4 nitrogen and oxygen atoms in total. The van der Waals surface area contributed by atoms with Crippen LogP contribution >= 0.6 is 0 Å². The zero-order valence-corrected chi connectivity index (χ0v) is 9.17. The van der Waals surface area contributed by atoms with Crippen molar-refractivity contribution in [3.05, 3.63) is 29.9 Å². The maximum Gasteiger partial charge on any atom is 0.248 e. The largest absolute Gasteiger partial charge is 0.427 e. The molecule has 16 heavy (non-hydrogen) atoms. The van der Waals surface area contributed by atoms with Crippen molar-refractivity contribution in [2.45, 2.75) is 32.1 Å². The molecule has 4 heteroatoms. The van der Waals surface area contributed by atoms with Gasteiger partial charge in [-0.1, -0.05) is 18.9 Å². The number of pyridine rings is 1. The van der Waals surface area contributed by atoms with Crippen LogP contribution in [0.2, 0.25) is 0 Å². The number of amides is 1. The third kappa shape index (κ3) is 2.72. The number of carbonyl (C=O) groups is 1. The highest BCUT2D eigenvalue weighted by Crippen LogP contribution is 2.27. The Kier molecular flexibility index (Phi) is 3.39. The molecular formula is C12H16N2O2. The fourth-order valence-corrected chi connectivity index (χ4v) is 2.15. The highest BCUT2D eigenvalue weighted by Gasteiger charge is 2.17. The number of carbonyl (C=O) groups excluding carboxylic acids is 1. The number of hydrogen-bond acceptors (Lipinski definition) is 2. The summed E-state index contributed by atoms with van der Waals surface area (Å²) >= 11 is 0. The van der Waals surface area contributed by atoms with Crippen molar-refractivity contribution in [1.29, 1.82) is 0 Å². The molecule has 1 aromatic heterocycles. The summed E-state index contributed by atoms with van der Waals surface area (Å²) in [7, 11) is 0. The molecule has 0 bridgehead atoms. The van der Waals surface area contributed by atoms with Crippen LogP contribution in [0, 0.1) is 5.92 Å². The molecule has 1 heterocycles. The first-order valence-corrected chi connectivity index (χ1v) is 5.70. The van der Waals surface area contributed by atoms with Gasteiger partial charge < -0.3 is 5.21 Å². The molecule has 1 N–H and O–H groups in total. The van der Waals surface area contributed by atoms with Gasteiger partial charge in [0.2, 0.25) is 5.91 Å². The van der Waals surface area contributed by atoms with Crippen LogP contribution in [-0.4, -0.2) is 15.8 Å². The van der Waals surface area contributed by atoms with E-state index >= 15 is 0 Å². The molecule has 0 unspecified atom stereocenters. The Balaban J connectivity index is 2.06. The van der Waals surface area contributed by atoms with Gasteiger partial charge in [0.15, 0.2) is 5.49 Å². The number of nitrogens with zero attached hydrogens (tertiary/aromatic N) is 2. The normalized spacial score (nSPS) is 17.9. The first-order chi connectivity index (χ1) is 7.75. The number of rotatable bonds is 2. The van der Waals surface area contributed by atoms with Crippen LogP contribution < -0.4 is 5.49 Å². The summed E-state index contributed by atoms with van der Waals surface area (Å²) in [6.07, 6.45) is 6.69. The van der Waals surface area contributed by atoms with E-state index in [1.807, 2.05) is 0 Å². The second kappa shape index (κ2) is 4.96. The fourth-order valence-electron chi connectivity index (χ4n) is 2.15. The van der Waals surface area contributed by atoms with Crippen LogP contribution in [0.4, 0.5) is 0 Å². The lowest BCUT2D eigenvalue weighted by Gasteiger charge is -2.04. The molecule has 1 aliphatic rings. The number of aromatic nitrogens is 1. The Morgan fingerprint density at radius 1 is 1.44 bits per heavy atom. The Hall–Kier alpha value is -1.58. The molecule has 0 aliphatic heterocycles. The Morgan fingerprint density at radius 2 is 2.19 bits per heavy atom. The minimum atomic E-state index is -0.138. The van der Waals surface area contributed by atoms with E-state index in [1.54, 1.807) is 18.2 Å². The quantitative estimate of drug-likeness (QED) is 0.772. The van der Waals surface area contributed by atoms with E-state index in [-0.39, 0.29) is 5.91 Å². The van der Waals surface area contributed by atoms with Crippen LogP contribution in [0.1, 0.15) is 32.1 Å². The molecule has 1 aliphatic carbocycles. The second-order valence-corrected chi connectivity index (χ2v) is 4.26. The average molecular weight is 220 g/mol. The minimum Gasteiger partial charge on any atom is -0.427 e. The predicted molar refractivity (Wildman–Crippen MR) is 58.8 cm³/mol. The van der Waals surface area contributed by atoms with Gasteiger partial charge in [0.05, 0.1) is 0 Å². The molecule has 1 aromatic rings. The summed E-state index contributed by atoms with van der Waals surface area (Å²) in [6, 6.07) is 5.04. The molecule has 0 aromatic carbocycles. The smallest absolute Gasteiger partial charge is 0.248 e. The molecule has 1 amide bonds. The lowest BCUT2D eigenvalue weighted by molar-refractivity contribution is -0.119. The summed E-state index contributed by atoms with van der Waals surface area (Å²) in [5, 5.41) is 9.39. The van der Waals surface area contributed by atoms with E-state index < -0.39 is 0 Å². The van der Waals surface area contributed by atoms with Crippen molar-refractivity contribution >= 4 is 5.91 Å². The minimum absolute atomic E-state index is 0.138. The summed E-state index contributed by atoms with van der Waals surface area (Å²) in [5.41, 5.74) is 0.297. The van der Waals surface area contributed by atoms with Crippen molar-refractivity contribution in [2.24, 2.45) is 10.9 Å². The van der Waals surface area contributed by atoms with E-state index in [0.29, 0.717) is 17.8 Å². The molecule has 2 rings (SSSR count). The monoisotopic (exact) mass is 220 g/mol. The molecular weight excluding hydrogens is 204 g/mol. The van der Waals surface area contributed by atoms with E-state index in [2.05, 4.69) is 4.99 Å². The van der Waals surface area contributed by atoms with Gasteiger partial charge in [-0.05, 0) is 30.9 Å². The van der Waals surface area contributed by atoms with Crippen molar-refractivity contribution in [2.75, 3.05) is 0 Å². The summed E-state index contributed by atoms with van der Waals surface area (Å²) in [6.45, 7) is 0. The van der Waals surface area contributed by atoms with Crippen LogP contribution in [-0.2, 0) is 4.79 Å². The van der Waals surface area contributed by atoms with Gasteiger partial charge in [0.1, 0.15) is 0 Å². The van der Waals surface area contributed by atoms with E-state index in [0.717, 1.165) is 17.6 Å². The average Bonchev–Trinajstić information content (AvgIpc) is 2.74. The zero-order valence-electron chi connectivity index (χ0n) is 9.17. The van der Waals surface area contributed by atoms with Gasteiger partial charge in [-0.15, -0.1) is 0 Å². The summed E-state index contributed by atoms with van der Waals surface area (Å²) in [4.78, 5) is 15.5. The first kappa shape index (κ1) is 10.9. The SMILES string of the molecule is O=C(CC1CCCC1)N=c1ccccn1O. The molecule has 86 valence electrons. The van der Waals surface area contributed by atoms with Gasteiger partial charge in [0, 0.05) is 12.6 Å². The lowest BCUT2D eigenvalue weighted by Crippen LogP contribution is -2.19. The molecule has 0 radical (unpaired) electrons. The number of hydrogen-bond donors (Lipinski definition) is 1. The summed E-state index contributed by atoms with van der Waals surface area (Å²) < 4.78 is 0.868. The molecule has 1 fully saturated rings. The van der Waals surface area contributed by atoms with Gasteiger partial charge in [-0.2, -0.15) is 9.72 Å². The van der Waals surface area contributed by atoms with Gasteiger partial charge >= 0.3 is 0 Å². The van der Waals surface area contributed by atoms with Crippen molar-refractivity contribution in [3.63, 3.8) is 0 Å². The third-order valence-corrected chi connectivity index (χ3v) is 3.00. The van der Waals surface area contributed by atoms with Crippen LogP contribution in [0.3, 0.4) is 0 Å². The Labute approximate surface area is 94.2 Å². The zero-order chi connectivity index (χ0) is 11.4. The topological polar surface area (TPSA) is 54.6 Å². The van der Waals surface area contributed by atoms with Crippen LogP contribution in [0.25, 0.3) is 0 Å². The molecule has 1 saturated carbocycles.